The third-order valence-electron chi connectivity index (χ3n) is 2.30. The summed E-state index contributed by atoms with van der Waals surface area (Å²) in [6.07, 6.45) is 0. The van der Waals surface area contributed by atoms with Crippen molar-refractivity contribution in [1.29, 1.82) is 5.26 Å². The third-order valence-corrected chi connectivity index (χ3v) is 2.30. The molecule has 0 amide bonds. The number of nitriles is 1. The summed E-state index contributed by atoms with van der Waals surface area (Å²) < 4.78 is 0. The Labute approximate surface area is 88.6 Å². The van der Waals surface area contributed by atoms with Crippen LogP contribution in [0.2, 0.25) is 0 Å². The number of aromatic nitrogens is 1. The highest BCUT2D eigenvalue weighted by atomic mass is 15.1. The van der Waals surface area contributed by atoms with Crippen LogP contribution in [0.15, 0.2) is 30.3 Å². The minimum Gasteiger partial charge on any atom is -0.378 e. The van der Waals surface area contributed by atoms with Crippen LogP contribution in [0.25, 0.3) is 10.9 Å². The van der Waals surface area contributed by atoms with Crippen molar-refractivity contribution < 1.29 is 0 Å². The Balaban J connectivity index is 2.61. The molecule has 0 N–H and O–H groups in total. The molecule has 0 aliphatic rings. The Morgan fingerprint density at radius 2 is 2.00 bits per heavy atom. The number of benzene rings is 1. The molecule has 1 heterocycles. The van der Waals surface area contributed by atoms with E-state index in [-0.39, 0.29) is 0 Å². The smallest absolute Gasteiger partial charge is 0.141 e. The van der Waals surface area contributed by atoms with E-state index >= 15 is 0 Å². The maximum Gasteiger partial charge on any atom is 0.141 e. The van der Waals surface area contributed by atoms with E-state index in [1.165, 1.54) is 0 Å². The van der Waals surface area contributed by atoms with Crippen LogP contribution in [0.3, 0.4) is 0 Å². The van der Waals surface area contributed by atoms with Crippen molar-refractivity contribution in [1.82, 2.24) is 4.98 Å². The Hall–Kier alpha value is -2.08. The fraction of sp³-hybridized carbons (Fsp3) is 0.167. The van der Waals surface area contributed by atoms with Crippen LogP contribution in [0, 0.1) is 11.3 Å². The van der Waals surface area contributed by atoms with Crippen LogP contribution in [0.5, 0.6) is 0 Å². The lowest BCUT2D eigenvalue weighted by Gasteiger charge is -2.12. The number of hydrogen-bond acceptors (Lipinski definition) is 3. The average molecular weight is 197 g/mol. The summed E-state index contributed by atoms with van der Waals surface area (Å²) in [6.45, 7) is 0. The molecule has 15 heavy (non-hydrogen) atoms. The number of fused-ring (bicyclic) bond motifs is 1. The molecule has 2 rings (SSSR count). The van der Waals surface area contributed by atoms with Crippen LogP contribution in [0.4, 0.5) is 5.69 Å². The highest BCUT2D eigenvalue weighted by Crippen LogP contribution is 2.19. The molecule has 0 bridgehead atoms. The second-order valence-corrected chi connectivity index (χ2v) is 3.58. The van der Waals surface area contributed by atoms with Crippen molar-refractivity contribution in [3.63, 3.8) is 0 Å². The Bertz CT molecular complexity index is 538. The van der Waals surface area contributed by atoms with Gasteiger partial charge in [0, 0.05) is 25.2 Å². The van der Waals surface area contributed by atoms with Crippen molar-refractivity contribution in [2.45, 2.75) is 0 Å². The molecule has 0 saturated carbocycles. The zero-order valence-corrected chi connectivity index (χ0v) is 8.73. The van der Waals surface area contributed by atoms with Crippen LogP contribution in [-0.4, -0.2) is 19.1 Å². The normalized spacial score (nSPS) is 9.93. The van der Waals surface area contributed by atoms with Crippen molar-refractivity contribution in [2.24, 2.45) is 0 Å². The van der Waals surface area contributed by atoms with Crippen LogP contribution in [-0.2, 0) is 0 Å². The molecule has 2 aromatic rings. The van der Waals surface area contributed by atoms with E-state index in [0.29, 0.717) is 5.69 Å². The van der Waals surface area contributed by atoms with Crippen molar-refractivity contribution in [3.8, 4) is 6.07 Å². The first-order chi connectivity index (χ1) is 7.20. The van der Waals surface area contributed by atoms with Crippen molar-refractivity contribution in [3.05, 3.63) is 36.0 Å². The van der Waals surface area contributed by atoms with Gasteiger partial charge in [-0.05, 0) is 30.3 Å². The average Bonchev–Trinajstić information content (AvgIpc) is 2.27. The predicted octanol–water partition coefficient (Wildman–Crippen LogP) is 2.17. The lowest BCUT2D eigenvalue weighted by molar-refractivity contribution is 1.13. The van der Waals surface area contributed by atoms with E-state index in [2.05, 4.69) is 11.1 Å². The zero-order chi connectivity index (χ0) is 10.8. The monoisotopic (exact) mass is 197 g/mol. The fourth-order valence-corrected chi connectivity index (χ4v) is 1.45. The number of anilines is 1. The van der Waals surface area contributed by atoms with Gasteiger partial charge >= 0.3 is 0 Å². The summed E-state index contributed by atoms with van der Waals surface area (Å²) in [4.78, 5) is 6.25. The second-order valence-electron chi connectivity index (χ2n) is 3.58. The largest absolute Gasteiger partial charge is 0.378 e. The molecule has 0 saturated heterocycles. The van der Waals surface area contributed by atoms with Gasteiger partial charge in [0.1, 0.15) is 11.8 Å². The van der Waals surface area contributed by atoms with Gasteiger partial charge in [0.15, 0.2) is 0 Å². The summed E-state index contributed by atoms with van der Waals surface area (Å²) in [5.74, 6) is 0. The summed E-state index contributed by atoms with van der Waals surface area (Å²) in [5, 5.41) is 9.77. The van der Waals surface area contributed by atoms with E-state index in [0.717, 1.165) is 16.6 Å². The molecule has 3 heteroatoms. The summed E-state index contributed by atoms with van der Waals surface area (Å²) in [6, 6.07) is 11.7. The number of nitrogens with zero attached hydrogens (tertiary/aromatic N) is 3. The molecule has 0 radical (unpaired) electrons. The lowest BCUT2D eigenvalue weighted by Crippen LogP contribution is -2.08. The molecular formula is C12H11N3. The van der Waals surface area contributed by atoms with Gasteiger partial charge in [-0.3, -0.25) is 0 Å². The summed E-state index contributed by atoms with van der Waals surface area (Å²) >= 11 is 0. The maximum absolute atomic E-state index is 8.72. The van der Waals surface area contributed by atoms with Gasteiger partial charge < -0.3 is 4.90 Å². The fourth-order valence-electron chi connectivity index (χ4n) is 1.45. The Kier molecular flexibility index (Phi) is 2.26. The molecule has 0 fully saturated rings. The van der Waals surface area contributed by atoms with Gasteiger partial charge in [-0.2, -0.15) is 5.26 Å². The predicted molar refractivity (Wildman–Crippen MR) is 60.8 cm³/mol. The first kappa shape index (κ1) is 9.47. The minimum atomic E-state index is 0.458. The van der Waals surface area contributed by atoms with Crippen LogP contribution < -0.4 is 4.90 Å². The van der Waals surface area contributed by atoms with E-state index in [1.807, 2.05) is 43.3 Å². The molecule has 3 nitrogen and oxygen atoms in total. The van der Waals surface area contributed by atoms with Crippen molar-refractivity contribution in [2.75, 3.05) is 19.0 Å². The molecular weight excluding hydrogens is 186 g/mol. The quantitative estimate of drug-likeness (QED) is 0.703. The summed E-state index contributed by atoms with van der Waals surface area (Å²) in [5.41, 5.74) is 2.45. The van der Waals surface area contributed by atoms with Gasteiger partial charge in [-0.15, -0.1) is 0 Å². The SMILES string of the molecule is CN(C)c1ccc2nc(C#N)ccc2c1. The first-order valence-corrected chi connectivity index (χ1v) is 4.69. The topological polar surface area (TPSA) is 39.9 Å². The molecule has 0 aliphatic carbocycles. The lowest BCUT2D eigenvalue weighted by atomic mass is 10.2. The maximum atomic E-state index is 8.72. The molecule has 0 atom stereocenters. The standard InChI is InChI=1S/C12H11N3/c1-15(2)11-5-6-12-9(7-11)3-4-10(8-13)14-12/h3-7H,1-2H3. The molecule has 0 unspecified atom stereocenters. The number of hydrogen-bond donors (Lipinski definition) is 0. The highest BCUT2D eigenvalue weighted by Gasteiger charge is 2.00. The number of pyridine rings is 1. The molecule has 1 aromatic carbocycles. The van der Waals surface area contributed by atoms with Gasteiger partial charge in [-0.1, -0.05) is 0 Å². The van der Waals surface area contributed by atoms with E-state index in [9.17, 15) is 0 Å². The van der Waals surface area contributed by atoms with E-state index < -0.39 is 0 Å². The Morgan fingerprint density at radius 1 is 1.20 bits per heavy atom. The molecule has 1 aromatic heterocycles. The van der Waals surface area contributed by atoms with Crippen LogP contribution in [0.1, 0.15) is 5.69 Å². The van der Waals surface area contributed by atoms with E-state index in [4.69, 9.17) is 5.26 Å². The Morgan fingerprint density at radius 3 is 2.67 bits per heavy atom. The third kappa shape index (κ3) is 1.75. The van der Waals surface area contributed by atoms with Crippen molar-refractivity contribution >= 4 is 16.6 Å². The second kappa shape index (κ2) is 3.58. The number of rotatable bonds is 1. The van der Waals surface area contributed by atoms with Gasteiger partial charge in [-0.25, -0.2) is 4.98 Å². The summed E-state index contributed by atoms with van der Waals surface area (Å²) in [7, 11) is 4.00. The van der Waals surface area contributed by atoms with Gasteiger partial charge in [0.2, 0.25) is 0 Å². The zero-order valence-electron chi connectivity index (χ0n) is 8.73. The first-order valence-electron chi connectivity index (χ1n) is 4.69. The van der Waals surface area contributed by atoms with E-state index in [1.54, 1.807) is 6.07 Å². The minimum absolute atomic E-state index is 0.458. The van der Waals surface area contributed by atoms with Crippen LogP contribution >= 0.6 is 0 Å². The highest BCUT2D eigenvalue weighted by molar-refractivity contribution is 5.82. The van der Waals surface area contributed by atoms with Gasteiger partial charge in [0.05, 0.1) is 5.52 Å². The van der Waals surface area contributed by atoms with Gasteiger partial charge in [0.25, 0.3) is 0 Å². The molecule has 0 aliphatic heterocycles. The molecule has 74 valence electrons. The molecule has 0 spiro atoms.